The summed E-state index contributed by atoms with van der Waals surface area (Å²) in [5, 5.41) is 1.75. The quantitative estimate of drug-likeness (QED) is 0.582. The van der Waals surface area contributed by atoms with Gasteiger partial charge in [-0.25, -0.2) is 0 Å². The number of rotatable bonds is 0. The Morgan fingerprint density at radius 2 is 1.50 bits per heavy atom. The molecule has 1 saturated heterocycles. The van der Waals surface area contributed by atoms with E-state index in [1.807, 2.05) is 0 Å². The van der Waals surface area contributed by atoms with Crippen molar-refractivity contribution in [2.24, 2.45) is 10.8 Å². The van der Waals surface area contributed by atoms with Crippen molar-refractivity contribution in [1.29, 1.82) is 0 Å². The van der Waals surface area contributed by atoms with Crippen molar-refractivity contribution >= 4 is 0 Å². The van der Waals surface area contributed by atoms with E-state index in [4.69, 9.17) is 1.41 Å². The topological polar surface area (TPSA) is 12.0 Å². The normalized spacial score (nSPS) is 38.8. The molecule has 12 heavy (non-hydrogen) atoms. The maximum Gasteiger partial charge on any atom is 0.122 e. The molecule has 1 N–H and O–H groups in total. The highest BCUT2D eigenvalue weighted by Crippen LogP contribution is 2.67. The molecule has 1 nitrogen and oxygen atoms in total. The van der Waals surface area contributed by atoms with Gasteiger partial charge in [-0.3, -0.25) is 0 Å². The molecule has 3 rings (SSSR count). The number of piperidine rings is 1. The molecule has 0 amide bonds. The lowest BCUT2D eigenvalue weighted by molar-refractivity contribution is -0.111. The van der Waals surface area contributed by atoms with Gasteiger partial charge in [0, 0.05) is 0 Å². The van der Waals surface area contributed by atoms with Crippen LogP contribution in [-0.2, 0) is 0 Å². The van der Waals surface area contributed by atoms with Crippen LogP contribution in [0.1, 0.15) is 44.9 Å². The minimum atomic E-state index is 0.706. The van der Waals surface area contributed by atoms with E-state index in [1.165, 1.54) is 44.9 Å². The molecule has 2 aliphatic carbocycles. The SMILES string of the molecule is [2H]N1CCC2(CC1)CC1(CCC1)C2. The van der Waals surface area contributed by atoms with Gasteiger partial charge in [0.1, 0.15) is 1.41 Å². The van der Waals surface area contributed by atoms with Crippen LogP contribution >= 0.6 is 0 Å². The predicted octanol–water partition coefficient (Wildman–Crippen LogP) is 2.32. The first-order chi connectivity index (χ1) is 6.22. The fourth-order valence-corrected chi connectivity index (χ4v) is 3.79. The minimum Gasteiger partial charge on any atom is -0.317 e. The van der Waals surface area contributed by atoms with Crippen LogP contribution in [0, 0.1) is 10.8 Å². The summed E-state index contributed by atoms with van der Waals surface area (Å²) < 4.78 is 7.54. The van der Waals surface area contributed by atoms with E-state index < -0.39 is 0 Å². The van der Waals surface area contributed by atoms with Crippen molar-refractivity contribution in [2.75, 3.05) is 13.1 Å². The van der Waals surface area contributed by atoms with Gasteiger partial charge in [0.15, 0.2) is 0 Å². The van der Waals surface area contributed by atoms with Gasteiger partial charge in [-0.05, 0) is 62.4 Å². The lowest BCUT2D eigenvalue weighted by atomic mass is 9.43. The van der Waals surface area contributed by atoms with Crippen molar-refractivity contribution in [3.63, 3.8) is 0 Å². The van der Waals surface area contributed by atoms with Crippen molar-refractivity contribution in [1.82, 2.24) is 5.31 Å². The zero-order valence-electron chi connectivity index (χ0n) is 8.81. The molecule has 0 aromatic carbocycles. The van der Waals surface area contributed by atoms with Gasteiger partial charge >= 0.3 is 0 Å². The second kappa shape index (κ2) is 2.25. The molecule has 0 aromatic heterocycles. The fraction of sp³-hybridized carbons (Fsp3) is 1.00. The maximum atomic E-state index is 7.54. The first kappa shape index (κ1) is 6.42. The Morgan fingerprint density at radius 3 is 2.00 bits per heavy atom. The summed E-state index contributed by atoms with van der Waals surface area (Å²) in [7, 11) is 0. The van der Waals surface area contributed by atoms with Crippen LogP contribution in [0.25, 0.3) is 0 Å². The van der Waals surface area contributed by atoms with Crippen LogP contribution in [0.4, 0.5) is 0 Å². The fourth-order valence-electron chi connectivity index (χ4n) is 3.79. The van der Waals surface area contributed by atoms with E-state index in [-0.39, 0.29) is 0 Å². The molecule has 1 aliphatic heterocycles. The van der Waals surface area contributed by atoms with Crippen LogP contribution in [0.5, 0.6) is 0 Å². The van der Waals surface area contributed by atoms with E-state index in [2.05, 4.69) is 0 Å². The molecular weight excluding hydrogens is 146 g/mol. The molecule has 3 aliphatic rings. The Hall–Kier alpha value is -0.0400. The van der Waals surface area contributed by atoms with E-state index in [0.29, 0.717) is 5.41 Å². The molecule has 1 heteroatoms. The summed E-state index contributed by atoms with van der Waals surface area (Å²) in [6.07, 6.45) is 10.1. The molecule has 0 bridgehead atoms. The molecular formula is C11H19N. The summed E-state index contributed by atoms with van der Waals surface area (Å²) >= 11 is 0. The van der Waals surface area contributed by atoms with E-state index in [1.54, 1.807) is 5.31 Å². The third kappa shape index (κ3) is 0.891. The van der Waals surface area contributed by atoms with Gasteiger partial charge in [-0.2, -0.15) is 0 Å². The molecule has 1 heterocycles. The van der Waals surface area contributed by atoms with Gasteiger partial charge in [0.25, 0.3) is 0 Å². The molecule has 0 aromatic rings. The Morgan fingerprint density at radius 1 is 0.917 bits per heavy atom. The lowest BCUT2D eigenvalue weighted by Gasteiger charge is -2.62. The summed E-state index contributed by atoms with van der Waals surface area (Å²) in [5.41, 5.74) is 1.53. The van der Waals surface area contributed by atoms with Gasteiger partial charge < -0.3 is 5.31 Å². The molecule has 2 spiro atoms. The third-order valence-corrected chi connectivity index (χ3v) is 4.51. The first-order valence-corrected chi connectivity index (χ1v) is 5.46. The molecule has 0 atom stereocenters. The van der Waals surface area contributed by atoms with Crippen LogP contribution in [0.15, 0.2) is 0 Å². The lowest BCUT2D eigenvalue weighted by Crippen LogP contribution is -2.54. The number of nitrogens with one attached hydrogen (secondary N) is 1. The van der Waals surface area contributed by atoms with Gasteiger partial charge in [0.2, 0.25) is 0 Å². The minimum absolute atomic E-state index is 0.706. The van der Waals surface area contributed by atoms with Gasteiger partial charge in [-0.15, -0.1) is 0 Å². The molecule has 2 saturated carbocycles. The predicted molar refractivity (Wildman–Crippen MR) is 50.1 cm³/mol. The van der Waals surface area contributed by atoms with Gasteiger partial charge in [-0.1, -0.05) is 6.42 Å². The van der Waals surface area contributed by atoms with Crippen molar-refractivity contribution in [3.8, 4) is 0 Å². The summed E-state index contributed by atoms with van der Waals surface area (Å²) in [6, 6.07) is 0. The standard InChI is InChI=1S/C11H19N/c1-2-10(3-1)8-11(9-10)4-6-12-7-5-11/h12H,1-9H2/i/hD. The number of hydrogen-bond donors (Lipinski definition) is 1. The Kier molecular flexibility index (Phi) is 1.21. The smallest absolute Gasteiger partial charge is 0.122 e. The van der Waals surface area contributed by atoms with Crippen molar-refractivity contribution in [3.05, 3.63) is 0 Å². The zero-order chi connectivity index (χ0) is 8.94. The highest BCUT2D eigenvalue weighted by atomic mass is 14.9. The van der Waals surface area contributed by atoms with Gasteiger partial charge in [0.05, 0.1) is 0 Å². The average Bonchev–Trinajstić information content (AvgIpc) is 1.99. The second-order valence-corrected chi connectivity index (χ2v) is 5.38. The average molecular weight is 166 g/mol. The maximum absolute atomic E-state index is 7.54. The van der Waals surface area contributed by atoms with Crippen LogP contribution in [-0.4, -0.2) is 13.1 Å². The van der Waals surface area contributed by atoms with E-state index in [0.717, 1.165) is 18.5 Å². The van der Waals surface area contributed by atoms with Crippen molar-refractivity contribution < 1.29 is 1.41 Å². The summed E-state index contributed by atoms with van der Waals surface area (Å²) in [4.78, 5) is 0. The molecule has 68 valence electrons. The molecule has 0 radical (unpaired) electrons. The Balaban J connectivity index is 1.61. The van der Waals surface area contributed by atoms with Crippen molar-refractivity contribution in [2.45, 2.75) is 44.9 Å². The van der Waals surface area contributed by atoms with Crippen LogP contribution in [0.3, 0.4) is 0 Å². The second-order valence-electron chi connectivity index (χ2n) is 5.38. The zero-order valence-corrected chi connectivity index (χ0v) is 7.81. The van der Waals surface area contributed by atoms with E-state index in [9.17, 15) is 0 Å². The summed E-state index contributed by atoms with van der Waals surface area (Å²) in [5.74, 6) is 0. The highest BCUT2D eigenvalue weighted by Gasteiger charge is 2.56. The Bertz CT molecular complexity index is 204. The molecule has 0 unspecified atom stereocenters. The first-order valence-electron chi connectivity index (χ1n) is 5.91. The van der Waals surface area contributed by atoms with Crippen LogP contribution in [0.2, 0.25) is 1.41 Å². The summed E-state index contributed by atoms with van der Waals surface area (Å²) in [6.45, 7) is 2.05. The largest absolute Gasteiger partial charge is 0.317 e. The third-order valence-electron chi connectivity index (χ3n) is 4.51. The van der Waals surface area contributed by atoms with Crippen LogP contribution < -0.4 is 5.31 Å². The highest BCUT2D eigenvalue weighted by molar-refractivity contribution is 5.07. The van der Waals surface area contributed by atoms with E-state index >= 15 is 0 Å². The number of hydrogen-bond acceptors (Lipinski definition) is 1. The monoisotopic (exact) mass is 166 g/mol. The Labute approximate surface area is 76.4 Å². The molecule has 3 fully saturated rings.